The van der Waals surface area contributed by atoms with E-state index in [1.165, 1.54) is 17.5 Å². The van der Waals surface area contributed by atoms with E-state index in [1.807, 2.05) is 0 Å². The van der Waals surface area contributed by atoms with Gasteiger partial charge in [0.05, 0.1) is 6.04 Å². The fraction of sp³-hybridized carbons (Fsp3) is 0.579. The van der Waals surface area contributed by atoms with Gasteiger partial charge in [-0.15, -0.1) is 0 Å². The van der Waals surface area contributed by atoms with Crippen molar-refractivity contribution in [3.05, 3.63) is 41.0 Å². The minimum atomic E-state index is -0.0859. The summed E-state index contributed by atoms with van der Waals surface area (Å²) in [5, 5.41) is 4.05. The molecule has 0 radical (unpaired) electrons. The molecule has 2 aliphatic heterocycles. The Labute approximate surface area is 143 Å². The number of fused-ring (bicyclic) bond motifs is 1. The normalized spacial score (nSPS) is 22.5. The van der Waals surface area contributed by atoms with Crippen LogP contribution < -0.4 is 4.74 Å². The maximum atomic E-state index is 5.98. The second-order valence-corrected chi connectivity index (χ2v) is 7.51. The van der Waals surface area contributed by atoms with Crippen molar-refractivity contribution in [3.8, 4) is 5.75 Å². The van der Waals surface area contributed by atoms with E-state index in [-0.39, 0.29) is 11.6 Å². The maximum absolute atomic E-state index is 5.98. The molecule has 0 saturated carbocycles. The highest BCUT2D eigenvalue weighted by atomic mass is 16.5. The summed E-state index contributed by atoms with van der Waals surface area (Å²) in [6.07, 6.45) is 4.06. The smallest absolute Gasteiger partial charge is 0.244 e. The van der Waals surface area contributed by atoms with Crippen LogP contribution in [0.2, 0.25) is 0 Å². The summed E-state index contributed by atoms with van der Waals surface area (Å²) < 4.78 is 11.5. The number of rotatable bonds is 4. The van der Waals surface area contributed by atoms with E-state index >= 15 is 0 Å². The first-order valence-corrected chi connectivity index (χ1v) is 8.91. The van der Waals surface area contributed by atoms with Crippen molar-refractivity contribution in [1.82, 2.24) is 15.0 Å². The van der Waals surface area contributed by atoms with Crippen LogP contribution in [-0.4, -0.2) is 27.2 Å². The molecule has 1 aromatic heterocycles. The number of aromatic nitrogens is 2. The Morgan fingerprint density at radius 1 is 1.33 bits per heavy atom. The average molecular weight is 327 g/mol. The van der Waals surface area contributed by atoms with Gasteiger partial charge in [0.1, 0.15) is 11.4 Å². The highest BCUT2D eigenvalue weighted by Gasteiger charge is 2.32. The van der Waals surface area contributed by atoms with E-state index in [0.29, 0.717) is 0 Å². The minimum Gasteiger partial charge on any atom is -0.487 e. The van der Waals surface area contributed by atoms with Crippen molar-refractivity contribution in [1.29, 1.82) is 0 Å². The van der Waals surface area contributed by atoms with Crippen molar-refractivity contribution in [2.45, 2.75) is 64.6 Å². The molecule has 3 heterocycles. The lowest BCUT2D eigenvalue weighted by molar-refractivity contribution is 0.138. The molecule has 128 valence electrons. The van der Waals surface area contributed by atoms with Gasteiger partial charge < -0.3 is 9.26 Å². The number of nitrogens with zero attached hydrogens (tertiary/aromatic N) is 3. The molecule has 2 aliphatic rings. The van der Waals surface area contributed by atoms with E-state index < -0.39 is 0 Å². The van der Waals surface area contributed by atoms with Gasteiger partial charge in [0, 0.05) is 19.4 Å². The number of benzene rings is 1. The summed E-state index contributed by atoms with van der Waals surface area (Å²) >= 11 is 0. The molecule has 0 amide bonds. The Bertz CT molecular complexity index is 738. The Hall–Kier alpha value is -1.88. The van der Waals surface area contributed by atoms with Gasteiger partial charge in [-0.05, 0) is 50.4 Å². The molecule has 2 aromatic rings. The van der Waals surface area contributed by atoms with Crippen LogP contribution in [0.3, 0.4) is 0 Å². The third-order valence-electron chi connectivity index (χ3n) is 4.96. The Morgan fingerprint density at radius 2 is 2.21 bits per heavy atom. The zero-order chi connectivity index (χ0) is 16.7. The van der Waals surface area contributed by atoms with Gasteiger partial charge in [-0.1, -0.05) is 24.2 Å². The predicted octanol–water partition coefficient (Wildman–Crippen LogP) is 3.68. The van der Waals surface area contributed by atoms with Crippen LogP contribution in [0.4, 0.5) is 0 Å². The number of ether oxygens (including phenoxy) is 1. The first-order chi connectivity index (χ1) is 11.5. The van der Waals surface area contributed by atoms with E-state index in [4.69, 9.17) is 9.26 Å². The molecular weight excluding hydrogens is 302 g/mol. The van der Waals surface area contributed by atoms with Crippen molar-refractivity contribution in [2.24, 2.45) is 0 Å². The molecule has 24 heavy (non-hydrogen) atoms. The summed E-state index contributed by atoms with van der Waals surface area (Å²) in [6.45, 7) is 8.33. The van der Waals surface area contributed by atoms with Crippen LogP contribution in [0.5, 0.6) is 5.75 Å². The quantitative estimate of drug-likeness (QED) is 0.857. The second-order valence-electron chi connectivity index (χ2n) is 7.51. The lowest BCUT2D eigenvalue weighted by atomic mass is 10.00. The molecule has 1 fully saturated rings. The lowest BCUT2D eigenvalue weighted by Crippen LogP contribution is -2.24. The topological polar surface area (TPSA) is 51.4 Å². The summed E-state index contributed by atoms with van der Waals surface area (Å²) in [5.74, 6) is 2.61. The van der Waals surface area contributed by atoms with Crippen LogP contribution in [0.15, 0.2) is 22.7 Å². The molecular formula is C19H25N3O2. The van der Waals surface area contributed by atoms with E-state index in [9.17, 15) is 0 Å². The van der Waals surface area contributed by atoms with Crippen LogP contribution in [0, 0.1) is 0 Å². The molecule has 4 rings (SSSR count). The fourth-order valence-electron chi connectivity index (χ4n) is 3.84. The lowest BCUT2D eigenvalue weighted by Gasteiger charge is -2.21. The molecule has 0 unspecified atom stereocenters. The highest BCUT2D eigenvalue weighted by molar-refractivity contribution is 5.41. The largest absolute Gasteiger partial charge is 0.487 e. The van der Waals surface area contributed by atoms with Gasteiger partial charge in [0.25, 0.3) is 0 Å². The predicted molar refractivity (Wildman–Crippen MR) is 90.9 cm³/mol. The van der Waals surface area contributed by atoms with Gasteiger partial charge in [0.15, 0.2) is 5.82 Å². The highest BCUT2D eigenvalue weighted by Crippen LogP contribution is 2.37. The molecule has 0 bridgehead atoms. The monoisotopic (exact) mass is 327 g/mol. The first-order valence-electron chi connectivity index (χ1n) is 8.91. The van der Waals surface area contributed by atoms with Crippen molar-refractivity contribution >= 4 is 0 Å². The maximum Gasteiger partial charge on any atom is 0.244 e. The van der Waals surface area contributed by atoms with Crippen molar-refractivity contribution in [2.75, 3.05) is 6.54 Å². The SMILES string of the molecule is CCc1noc([C@@H]2CCCN2Cc2ccc3c(c2)CC(C)(C)O3)n1. The Kier molecular flexibility index (Phi) is 3.83. The standard InChI is InChI=1S/C19H25N3O2/c1-4-17-20-18(24-21-17)15-6-5-9-22(15)12-13-7-8-16-14(10-13)11-19(2,3)23-16/h7-8,10,15H,4-6,9,11-12H2,1-3H3/t15-/m0/s1. The number of likely N-dealkylation sites (tertiary alicyclic amines) is 1. The van der Waals surface area contributed by atoms with Gasteiger partial charge in [-0.3, -0.25) is 4.90 Å². The minimum absolute atomic E-state index is 0.0859. The molecule has 5 nitrogen and oxygen atoms in total. The Balaban J connectivity index is 1.51. The number of aryl methyl sites for hydroxylation is 1. The third kappa shape index (κ3) is 2.93. The van der Waals surface area contributed by atoms with Crippen LogP contribution in [0.25, 0.3) is 0 Å². The van der Waals surface area contributed by atoms with Crippen LogP contribution in [0.1, 0.15) is 62.5 Å². The summed E-state index contributed by atoms with van der Waals surface area (Å²) in [4.78, 5) is 6.99. The van der Waals surface area contributed by atoms with E-state index in [0.717, 1.165) is 49.8 Å². The zero-order valence-corrected chi connectivity index (χ0v) is 14.7. The summed E-state index contributed by atoms with van der Waals surface area (Å²) in [5.41, 5.74) is 2.56. The molecule has 0 aliphatic carbocycles. The van der Waals surface area contributed by atoms with Crippen molar-refractivity contribution in [3.63, 3.8) is 0 Å². The molecule has 0 spiro atoms. The molecule has 0 N–H and O–H groups in total. The second kappa shape index (κ2) is 5.88. The number of hydrogen-bond donors (Lipinski definition) is 0. The fourth-order valence-corrected chi connectivity index (χ4v) is 3.84. The van der Waals surface area contributed by atoms with E-state index in [1.54, 1.807) is 0 Å². The summed E-state index contributed by atoms with van der Waals surface area (Å²) in [7, 11) is 0. The van der Waals surface area contributed by atoms with Crippen LogP contribution >= 0.6 is 0 Å². The van der Waals surface area contributed by atoms with Crippen LogP contribution in [-0.2, 0) is 19.4 Å². The molecule has 1 atom stereocenters. The first kappa shape index (κ1) is 15.6. The van der Waals surface area contributed by atoms with Gasteiger partial charge in [0.2, 0.25) is 5.89 Å². The van der Waals surface area contributed by atoms with Gasteiger partial charge >= 0.3 is 0 Å². The summed E-state index contributed by atoms with van der Waals surface area (Å²) in [6, 6.07) is 6.84. The molecule has 1 saturated heterocycles. The van der Waals surface area contributed by atoms with Gasteiger partial charge in [-0.2, -0.15) is 4.98 Å². The average Bonchev–Trinajstić information content (AvgIpc) is 3.23. The van der Waals surface area contributed by atoms with E-state index in [2.05, 4.69) is 54.0 Å². The molecule has 5 heteroatoms. The Morgan fingerprint density at radius 3 is 3.00 bits per heavy atom. The number of hydrogen-bond acceptors (Lipinski definition) is 5. The van der Waals surface area contributed by atoms with Gasteiger partial charge in [-0.25, -0.2) is 0 Å². The molecule has 1 aromatic carbocycles. The van der Waals surface area contributed by atoms with Crippen molar-refractivity contribution < 1.29 is 9.26 Å². The third-order valence-corrected chi connectivity index (χ3v) is 4.96. The zero-order valence-electron chi connectivity index (χ0n) is 14.7.